The van der Waals surface area contributed by atoms with Gasteiger partial charge in [0, 0.05) is 13.5 Å². The van der Waals surface area contributed by atoms with Gasteiger partial charge in [0.1, 0.15) is 0 Å². The van der Waals surface area contributed by atoms with Crippen LogP contribution in [-0.4, -0.2) is 39.4 Å². The van der Waals surface area contributed by atoms with Crippen LogP contribution in [0.5, 0.6) is 0 Å². The first kappa shape index (κ1) is 17.9. The summed E-state index contributed by atoms with van der Waals surface area (Å²) >= 11 is -1.86. The molecule has 1 saturated carbocycles. The fourth-order valence-corrected chi connectivity index (χ4v) is 2.59. The minimum atomic E-state index is -1.86. The molecule has 0 heterocycles. The van der Waals surface area contributed by atoms with E-state index < -0.39 is 23.5 Å². The van der Waals surface area contributed by atoms with Crippen LogP contribution in [0.25, 0.3) is 0 Å². The Morgan fingerprint density at radius 1 is 1.29 bits per heavy atom. The Labute approximate surface area is 127 Å². The summed E-state index contributed by atoms with van der Waals surface area (Å²) in [5.74, 6) is -0.315. The molecule has 1 fully saturated rings. The van der Waals surface area contributed by atoms with Gasteiger partial charge in [0.05, 0.1) is 11.7 Å². The molecule has 8 heteroatoms. The van der Waals surface area contributed by atoms with Crippen molar-refractivity contribution in [3.63, 3.8) is 0 Å². The van der Waals surface area contributed by atoms with Crippen LogP contribution in [0.2, 0.25) is 0 Å². The van der Waals surface area contributed by atoms with Gasteiger partial charge in [0.25, 0.3) is 0 Å². The first-order valence-corrected chi connectivity index (χ1v) is 8.49. The van der Waals surface area contributed by atoms with E-state index in [9.17, 15) is 13.8 Å². The molecule has 0 aromatic rings. The topological polar surface area (TPSA) is 102 Å². The molecule has 2 atom stereocenters. The molecular formula is C13H23NO6S. The number of ether oxygens (including phenoxy) is 2. The summed E-state index contributed by atoms with van der Waals surface area (Å²) < 4.78 is 28.9. The molecule has 0 radical (unpaired) electrons. The Hall–Kier alpha value is -1.15. The van der Waals surface area contributed by atoms with E-state index in [0.717, 1.165) is 32.1 Å². The minimum Gasteiger partial charge on any atom is -0.425 e. The number of hydrogen-bond donors (Lipinski definition) is 2. The van der Waals surface area contributed by atoms with E-state index >= 15 is 0 Å². The first-order valence-electron chi connectivity index (χ1n) is 7.21. The van der Waals surface area contributed by atoms with Crippen LogP contribution in [0.1, 0.15) is 45.4 Å². The van der Waals surface area contributed by atoms with Crippen molar-refractivity contribution < 1.29 is 27.8 Å². The Balaban J connectivity index is 2.16. The minimum absolute atomic E-state index is 0.0898. The summed E-state index contributed by atoms with van der Waals surface area (Å²) in [6.07, 6.45) is 3.59. The largest absolute Gasteiger partial charge is 0.425 e. The molecule has 21 heavy (non-hydrogen) atoms. The molecule has 0 aliphatic heterocycles. The number of nitrogens with one attached hydrogen (secondary N) is 1. The Morgan fingerprint density at radius 2 is 1.95 bits per heavy atom. The standard InChI is InChI=1S/C13H23NO6S/c1-10(19-12(15)11-6-3-2-4-7-11)20-13(16)14-8-5-9-21(17)18/h10-11H,2-9H2,1H3,(H,14,16)(H,17,18). The number of esters is 1. The van der Waals surface area contributed by atoms with E-state index in [1.54, 1.807) is 0 Å². The van der Waals surface area contributed by atoms with Gasteiger partial charge in [-0.25, -0.2) is 9.00 Å². The Kier molecular flexibility index (Phi) is 8.29. The summed E-state index contributed by atoms with van der Waals surface area (Å²) in [5.41, 5.74) is 0. The SMILES string of the molecule is CC(OC(=O)NCCCS(=O)O)OC(=O)C1CCCCC1. The van der Waals surface area contributed by atoms with E-state index in [4.69, 9.17) is 14.0 Å². The van der Waals surface area contributed by atoms with Crippen LogP contribution in [0.15, 0.2) is 0 Å². The smallest absolute Gasteiger partial charge is 0.410 e. The summed E-state index contributed by atoms with van der Waals surface area (Å²) in [5, 5.41) is 2.42. The van der Waals surface area contributed by atoms with Gasteiger partial charge in [-0.05, 0) is 19.3 Å². The predicted molar refractivity (Wildman–Crippen MR) is 76.9 cm³/mol. The quantitative estimate of drug-likeness (QED) is 0.321. The highest BCUT2D eigenvalue weighted by Gasteiger charge is 2.24. The van der Waals surface area contributed by atoms with Crippen LogP contribution in [0.3, 0.4) is 0 Å². The van der Waals surface area contributed by atoms with Gasteiger partial charge in [-0.15, -0.1) is 0 Å². The number of carbonyl (C=O) groups is 2. The maximum atomic E-state index is 11.8. The molecule has 1 rings (SSSR count). The van der Waals surface area contributed by atoms with Gasteiger partial charge in [-0.1, -0.05) is 19.3 Å². The molecule has 2 unspecified atom stereocenters. The second-order valence-corrected chi connectivity index (χ2v) is 6.10. The van der Waals surface area contributed by atoms with Gasteiger partial charge in [0.15, 0.2) is 11.1 Å². The fourth-order valence-electron chi connectivity index (χ4n) is 2.20. The summed E-state index contributed by atoms with van der Waals surface area (Å²) in [6, 6.07) is 0. The second-order valence-electron chi connectivity index (χ2n) is 5.05. The number of alkyl carbamates (subject to hydrolysis) is 1. The van der Waals surface area contributed by atoms with E-state index in [2.05, 4.69) is 5.32 Å². The second kappa shape index (κ2) is 9.73. The molecule has 0 aromatic carbocycles. The van der Waals surface area contributed by atoms with Gasteiger partial charge in [0.2, 0.25) is 6.29 Å². The van der Waals surface area contributed by atoms with Crippen LogP contribution in [-0.2, 0) is 25.3 Å². The Morgan fingerprint density at radius 3 is 2.57 bits per heavy atom. The van der Waals surface area contributed by atoms with Crippen LogP contribution in [0.4, 0.5) is 4.79 Å². The van der Waals surface area contributed by atoms with Crippen molar-refractivity contribution in [2.45, 2.75) is 51.7 Å². The summed E-state index contributed by atoms with van der Waals surface area (Å²) in [7, 11) is 0. The molecule has 122 valence electrons. The maximum absolute atomic E-state index is 11.8. The molecule has 0 saturated heterocycles. The zero-order chi connectivity index (χ0) is 15.7. The van der Waals surface area contributed by atoms with Crippen molar-refractivity contribution in [2.75, 3.05) is 12.3 Å². The van der Waals surface area contributed by atoms with E-state index in [-0.39, 0.29) is 24.2 Å². The average molecular weight is 321 g/mol. The predicted octanol–water partition coefficient (Wildman–Crippen LogP) is 1.79. The molecule has 1 amide bonds. The molecule has 7 nitrogen and oxygen atoms in total. The maximum Gasteiger partial charge on any atom is 0.410 e. The highest BCUT2D eigenvalue weighted by atomic mass is 32.2. The molecule has 0 bridgehead atoms. The third-order valence-corrected chi connectivity index (χ3v) is 3.90. The van der Waals surface area contributed by atoms with Gasteiger partial charge in [-0.2, -0.15) is 0 Å². The molecule has 2 N–H and O–H groups in total. The third kappa shape index (κ3) is 8.01. The van der Waals surface area contributed by atoms with Crippen molar-refractivity contribution >= 4 is 23.1 Å². The zero-order valence-electron chi connectivity index (χ0n) is 12.2. The van der Waals surface area contributed by atoms with Crippen molar-refractivity contribution in [3.8, 4) is 0 Å². The molecule has 0 aromatic heterocycles. The van der Waals surface area contributed by atoms with Crippen LogP contribution >= 0.6 is 0 Å². The van der Waals surface area contributed by atoms with Gasteiger partial charge < -0.3 is 19.3 Å². The highest BCUT2D eigenvalue weighted by Crippen LogP contribution is 2.25. The van der Waals surface area contributed by atoms with Crippen LogP contribution < -0.4 is 5.32 Å². The zero-order valence-corrected chi connectivity index (χ0v) is 13.0. The summed E-state index contributed by atoms with van der Waals surface area (Å²) in [4.78, 5) is 23.2. The highest BCUT2D eigenvalue weighted by molar-refractivity contribution is 7.79. The van der Waals surface area contributed by atoms with Crippen LogP contribution in [0, 0.1) is 5.92 Å². The number of rotatable bonds is 7. The molecular weight excluding hydrogens is 298 g/mol. The summed E-state index contributed by atoms with van der Waals surface area (Å²) in [6.45, 7) is 1.72. The van der Waals surface area contributed by atoms with Gasteiger partial charge >= 0.3 is 12.1 Å². The van der Waals surface area contributed by atoms with Crippen molar-refractivity contribution in [2.24, 2.45) is 5.92 Å². The van der Waals surface area contributed by atoms with Crippen molar-refractivity contribution in [1.82, 2.24) is 5.32 Å². The van der Waals surface area contributed by atoms with Gasteiger partial charge in [-0.3, -0.25) is 4.79 Å². The first-order chi connectivity index (χ1) is 9.99. The monoisotopic (exact) mass is 321 g/mol. The van der Waals surface area contributed by atoms with E-state index in [1.807, 2.05) is 0 Å². The Bertz CT molecular complexity index is 370. The molecule has 1 aliphatic carbocycles. The van der Waals surface area contributed by atoms with Crippen molar-refractivity contribution in [1.29, 1.82) is 0 Å². The lowest BCUT2D eigenvalue weighted by Crippen LogP contribution is -2.32. The number of amides is 1. The lowest BCUT2D eigenvalue weighted by molar-refractivity contribution is -0.170. The third-order valence-electron chi connectivity index (χ3n) is 3.26. The lowest BCUT2D eigenvalue weighted by Gasteiger charge is -2.22. The number of hydrogen-bond acceptors (Lipinski definition) is 5. The average Bonchev–Trinajstić information content (AvgIpc) is 2.44. The molecule has 0 spiro atoms. The van der Waals surface area contributed by atoms with E-state index in [0.29, 0.717) is 6.42 Å². The lowest BCUT2D eigenvalue weighted by atomic mass is 9.89. The molecule has 1 aliphatic rings. The fraction of sp³-hybridized carbons (Fsp3) is 0.846. The normalized spacial score (nSPS) is 18.6. The number of carbonyl (C=O) groups excluding carboxylic acids is 2. The van der Waals surface area contributed by atoms with Crippen molar-refractivity contribution in [3.05, 3.63) is 0 Å². The van der Waals surface area contributed by atoms with E-state index in [1.165, 1.54) is 6.92 Å².